The molecule has 0 bridgehead atoms. The first-order valence-electron chi connectivity index (χ1n) is 9.97. The highest BCUT2D eigenvalue weighted by Crippen LogP contribution is 2.21. The van der Waals surface area contributed by atoms with Crippen molar-refractivity contribution in [3.05, 3.63) is 41.5 Å². The van der Waals surface area contributed by atoms with Crippen LogP contribution in [0.2, 0.25) is 0 Å². The van der Waals surface area contributed by atoms with Crippen molar-refractivity contribution in [2.24, 2.45) is 4.99 Å². The third-order valence-corrected chi connectivity index (χ3v) is 4.91. The lowest BCUT2D eigenvalue weighted by Crippen LogP contribution is -2.51. The minimum atomic E-state index is -0.146. The largest absolute Gasteiger partial charge is 0.369 e. The van der Waals surface area contributed by atoms with Crippen molar-refractivity contribution < 1.29 is 4.52 Å². The van der Waals surface area contributed by atoms with Crippen molar-refractivity contribution in [2.45, 2.75) is 58.5 Å². The van der Waals surface area contributed by atoms with E-state index in [9.17, 15) is 0 Å². The van der Waals surface area contributed by atoms with Crippen LogP contribution in [0.3, 0.4) is 0 Å². The lowest BCUT2D eigenvalue weighted by molar-refractivity contribution is 0.318. The number of guanidine groups is 1. The van der Waals surface area contributed by atoms with Gasteiger partial charge in [-0.1, -0.05) is 43.6 Å². The van der Waals surface area contributed by atoms with Gasteiger partial charge in [0.05, 0.1) is 6.54 Å². The maximum atomic E-state index is 5.35. The standard InChI is InChI=1S/C21H32N6O/c1-15-8-10-17(11-9-15)27-12-6-7-16(14-27)24-20(22-5)23-13-18-25-19(28-26-18)21(2,3)4/h8-11,16H,6-7,12-14H2,1-5H3,(H2,22,23,24). The van der Waals surface area contributed by atoms with Gasteiger partial charge in [0.25, 0.3) is 0 Å². The van der Waals surface area contributed by atoms with Gasteiger partial charge in [-0.2, -0.15) is 4.98 Å². The Morgan fingerprint density at radius 1 is 1.29 bits per heavy atom. The SMILES string of the molecule is CN=C(NCc1noc(C(C)(C)C)n1)NC1CCCN(c2ccc(C)cc2)C1. The summed E-state index contributed by atoms with van der Waals surface area (Å²) in [7, 11) is 1.78. The molecule has 2 heterocycles. The molecule has 0 saturated carbocycles. The second-order valence-electron chi connectivity index (χ2n) is 8.46. The van der Waals surface area contributed by atoms with E-state index >= 15 is 0 Å². The van der Waals surface area contributed by atoms with Crippen LogP contribution in [0.1, 0.15) is 50.9 Å². The van der Waals surface area contributed by atoms with E-state index in [1.165, 1.54) is 11.3 Å². The number of benzene rings is 1. The van der Waals surface area contributed by atoms with Gasteiger partial charge in [0.2, 0.25) is 5.89 Å². The Balaban J connectivity index is 1.54. The molecule has 0 spiro atoms. The Morgan fingerprint density at radius 2 is 2.04 bits per heavy atom. The molecule has 7 nitrogen and oxygen atoms in total. The van der Waals surface area contributed by atoms with Gasteiger partial charge in [0, 0.05) is 37.3 Å². The normalized spacial score (nSPS) is 18.2. The number of aliphatic imine (C=N–C) groups is 1. The highest BCUT2D eigenvalue weighted by Gasteiger charge is 2.23. The zero-order valence-electron chi connectivity index (χ0n) is 17.6. The number of hydrogen-bond donors (Lipinski definition) is 2. The van der Waals surface area contributed by atoms with Crippen LogP contribution in [0, 0.1) is 6.92 Å². The van der Waals surface area contributed by atoms with Gasteiger partial charge < -0.3 is 20.1 Å². The predicted octanol–water partition coefficient (Wildman–Crippen LogP) is 3.01. The van der Waals surface area contributed by atoms with Crippen molar-refractivity contribution in [2.75, 3.05) is 25.0 Å². The molecule has 0 aliphatic carbocycles. The number of nitrogens with one attached hydrogen (secondary N) is 2. The summed E-state index contributed by atoms with van der Waals surface area (Å²) in [5, 5.41) is 10.9. The number of aromatic nitrogens is 2. The molecule has 1 aromatic carbocycles. The number of aryl methyl sites for hydroxylation is 1. The summed E-state index contributed by atoms with van der Waals surface area (Å²) >= 11 is 0. The van der Waals surface area contributed by atoms with E-state index in [4.69, 9.17) is 4.52 Å². The predicted molar refractivity (Wildman–Crippen MR) is 113 cm³/mol. The Bertz CT molecular complexity index is 790. The summed E-state index contributed by atoms with van der Waals surface area (Å²) in [6.07, 6.45) is 2.28. The smallest absolute Gasteiger partial charge is 0.232 e. The fourth-order valence-electron chi connectivity index (χ4n) is 3.27. The fourth-order valence-corrected chi connectivity index (χ4v) is 3.27. The molecular formula is C21H32N6O. The average Bonchev–Trinajstić information content (AvgIpc) is 3.15. The van der Waals surface area contributed by atoms with Crippen LogP contribution in [-0.4, -0.2) is 42.3 Å². The van der Waals surface area contributed by atoms with E-state index in [-0.39, 0.29) is 5.41 Å². The van der Waals surface area contributed by atoms with Crippen molar-refractivity contribution in [3.63, 3.8) is 0 Å². The number of hydrogen-bond acceptors (Lipinski definition) is 5. The third-order valence-electron chi connectivity index (χ3n) is 4.91. The molecule has 1 saturated heterocycles. The first-order chi connectivity index (χ1) is 13.3. The second kappa shape index (κ2) is 8.63. The second-order valence-corrected chi connectivity index (χ2v) is 8.46. The lowest BCUT2D eigenvalue weighted by Gasteiger charge is -2.35. The number of nitrogens with zero attached hydrogens (tertiary/aromatic N) is 4. The first-order valence-corrected chi connectivity index (χ1v) is 9.97. The van der Waals surface area contributed by atoms with Crippen LogP contribution in [0.15, 0.2) is 33.8 Å². The van der Waals surface area contributed by atoms with E-state index < -0.39 is 0 Å². The van der Waals surface area contributed by atoms with Gasteiger partial charge in [0.15, 0.2) is 11.8 Å². The quantitative estimate of drug-likeness (QED) is 0.623. The minimum absolute atomic E-state index is 0.146. The van der Waals surface area contributed by atoms with Crippen LogP contribution in [0.5, 0.6) is 0 Å². The molecule has 2 aromatic rings. The Labute approximate surface area is 167 Å². The molecule has 152 valence electrons. The highest BCUT2D eigenvalue weighted by molar-refractivity contribution is 5.80. The molecule has 7 heteroatoms. The van der Waals surface area contributed by atoms with Crippen molar-refractivity contribution >= 4 is 11.6 Å². The molecular weight excluding hydrogens is 352 g/mol. The molecule has 1 fully saturated rings. The van der Waals surface area contributed by atoms with Crippen LogP contribution in [0.25, 0.3) is 0 Å². The molecule has 3 rings (SSSR count). The van der Waals surface area contributed by atoms with Crippen LogP contribution in [-0.2, 0) is 12.0 Å². The van der Waals surface area contributed by atoms with Gasteiger partial charge in [-0.05, 0) is 31.9 Å². The zero-order valence-corrected chi connectivity index (χ0v) is 17.6. The van der Waals surface area contributed by atoms with Crippen molar-refractivity contribution in [1.82, 2.24) is 20.8 Å². The van der Waals surface area contributed by atoms with Crippen LogP contribution in [0.4, 0.5) is 5.69 Å². The van der Waals surface area contributed by atoms with Gasteiger partial charge in [-0.3, -0.25) is 4.99 Å². The van der Waals surface area contributed by atoms with Crippen molar-refractivity contribution in [3.8, 4) is 0 Å². The molecule has 1 aliphatic heterocycles. The summed E-state index contributed by atoms with van der Waals surface area (Å²) in [5.41, 5.74) is 2.42. The molecule has 0 amide bonds. The summed E-state index contributed by atoms with van der Waals surface area (Å²) in [6.45, 7) is 10.8. The first kappa shape index (κ1) is 20.2. The van der Waals surface area contributed by atoms with Crippen LogP contribution >= 0.6 is 0 Å². The molecule has 28 heavy (non-hydrogen) atoms. The maximum Gasteiger partial charge on any atom is 0.232 e. The summed E-state index contributed by atoms with van der Waals surface area (Å²) in [6, 6.07) is 9.09. The lowest BCUT2D eigenvalue weighted by atomic mass is 9.97. The average molecular weight is 385 g/mol. The molecule has 1 unspecified atom stereocenters. The number of anilines is 1. The third kappa shape index (κ3) is 5.24. The Hall–Kier alpha value is -2.57. The van der Waals surface area contributed by atoms with Gasteiger partial charge >= 0.3 is 0 Å². The number of rotatable bonds is 4. The maximum absolute atomic E-state index is 5.35. The molecule has 1 aliphatic rings. The van der Waals surface area contributed by atoms with Crippen molar-refractivity contribution in [1.29, 1.82) is 0 Å². The molecule has 2 N–H and O–H groups in total. The van der Waals surface area contributed by atoms with Gasteiger partial charge in [-0.15, -0.1) is 0 Å². The van der Waals surface area contributed by atoms with Crippen LogP contribution < -0.4 is 15.5 Å². The zero-order chi connectivity index (χ0) is 20.1. The molecule has 0 radical (unpaired) electrons. The minimum Gasteiger partial charge on any atom is -0.369 e. The van der Waals surface area contributed by atoms with E-state index in [1.807, 2.05) is 0 Å². The van der Waals surface area contributed by atoms with Gasteiger partial charge in [-0.25, -0.2) is 0 Å². The summed E-state index contributed by atoms with van der Waals surface area (Å²) < 4.78 is 5.35. The van der Waals surface area contributed by atoms with E-state index in [0.717, 1.165) is 31.9 Å². The monoisotopic (exact) mass is 384 g/mol. The molecule has 1 aromatic heterocycles. The van der Waals surface area contributed by atoms with E-state index in [0.29, 0.717) is 24.3 Å². The topological polar surface area (TPSA) is 78.6 Å². The fraction of sp³-hybridized carbons (Fsp3) is 0.571. The summed E-state index contributed by atoms with van der Waals surface area (Å²) in [4.78, 5) is 11.2. The van der Waals surface area contributed by atoms with E-state index in [1.54, 1.807) is 7.05 Å². The Kier molecular flexibility index (Phi) is 6.21. The Morgan fingerprint density at radius 3 is 2.68 bits per heavy atom. The summed E-state index contributed by atoms with van der Waals surface area (Å²) in [5.74, 6) is 2.05. The van der Waals surface area contributed by atoms with Gasteiger partial charge in [0.1, 0.15) is 0 Å². The van der Waals surface area contributed by atoms with E-state index in [2.05, 4.69) is 82.6 Å². The molecule has 1 atom stereocenters. The number of piperidine rings is 1. The highest BCUT2D eigenvalue weighted by atomic mass is 16.5.